The predicted molar refractivity (Wildman–Crippen MR) is 118 cm³/mol. The zero-order valence-electron chi connectivity index (χ0n) is 16.1. The zero-order chi connectivity index (χ0) is 20.4. The Kier molecular flexibility index (Phi) is 5.56. The number of halogens is 1. The Balaban J connectivity index is 1.46. The Morgan fingerprint density at radius 2 is 2.03 bits per heavy atom. The molecule has 0 unspecified atom stereocenters. The van der Waals surface area contributed by atoms with E-state index in [2.05, 4.69) is 15.1 Å². The third-order valence-corrected chi connectivity index (χ3v) is 5.87. The summed E-state index contributed by atoms with van der Waals surface area (Å²) in [5.41, 5.74) is 4.73. The number of hydrogen-bond acceptors (Lipinski definition) is 4. The molecule has 0 bridgehead atoms. The molecule has 0 atom stereocenters. The average Bonchev–Trinajstić information content (AvgIpc) is 3.30. The fourth-order valence-corrected chi connectivity index (χ4v) is 4.17. The van der Waals surface area contributed by atoms with Gasteiger partial charge in [0.15, 0.2) is 4.96 Å². The first-order chi connectivity index (χ1) is 14.0. The van der Waals surface area contributed by atoms with Gasteiger partial charge in [0.2, 0.25) is 5.91 Å². The molecule has 148 valence electrons. The second kappa shape index (κ2) is 8.27. The van der Waals surface area contributed by atoms with Crippen LogP contribution >= 0.6 is 22.9 Å². The molecule has 0 spiro atoms. The van der Waals surface area contributed by atoms with Crippen LogP contribution < -0.4 is 10.1 Å². The number of methoxy groups -OCH3 is 1. The van der Waals surface area contributed by atoms with Crippen molar-refractivity contribution >= 4 is 39.5 Å². The van der Waals surface area contributed by atoms with Crippen LogP contribution in [0.1, 0.15) is 17.7 Å². The average molecular weight is 426 g/mol. The lowest BCUT2D eigenvalue weighted by Crippen LogP contribution is -2.13. The summed E-state index contributed by atoms with van der Waals surface area (Å²) in [6.07, 6.45) is 3.03. The van der Waals surface area contributed by atoms with Crippen LogP contribution in [0.5, 0.6) is 5.75 Å². The molecule has 2 aromatic heterocycles. The Morgan fingerprint density at radius 1 is 1.24 bits per heavy atom. The molecule has 4 rings (SSSR count). The van der Waals surface area contributed by atoms with Gasteiger partial charge in [0.25, 0.3) is 0 Å². The molecular formula is C22H20ClN3O2S. The molecule has 5 nitrogen and oxygen atoms in total. The number of carbonyl (C=O) groups excluding carboxylic acids is 1. The van der Waals surface area contributed by atoms with Crippen molar-refractivity contribution in [1.29, 1.82) is 0 Å². The van der Waals surface area contributed by atoms with Gasteiger partial charge in [-0.1, -0.05) is 17.7 Å². The summed E-state index contributed by atoms with van der Waals surface area (Å²) in [6, 6.07) is 13.3. The van der Waals surface area contributed by atoms with Crippen LogP contribution in [0.15, 0.2) is 54.0 Å². The number of ether oxygens (including phenoxy) is 1. The van der Waals surface area contributed by atoms with E-state index in [1.807, 2.05) is 49.5 Å². The van der Waals surface area contributed by atoms with Crippen LogP contribution in [-0.4, -0.2) is 22.4 Å². The SMILES string of the molecule is COc1ccc(-c2cn3c(CCC(=O)Nc4cc(Cl)ccc4C)csc3n2)cc1. The van der Waals surface area contributed by atoms with Gasteiger partial charge in [0, 0.05) is 40.0 Å². The number of nitrogens with one attached hydrogen (secondary N) is 1. The molecule has 0 aliphatic rings. The molecule has 0 aliphatic carbocycles. The van der Waals surface area contributed by atoms with Crippen molar-refractivity contribution in [3.63, 3.8) is 0 Å². The minimum Gasteiger partial charge on any atom is -0.497 e. The minimum atomic E-state index is -0.0368. The number of carbonyl (C=O) groups is 1. The fraction of sp³-hybridized carbons (Fsp3) is 0.182. The van der Waals surface area contributed by atoms with E-state index in [9.17, 15) is 4.79 Å². The Morgan fingerprint density at radius 3 is 2.79 bits per heavy atom. The minimum absolute atomic E-state index is 0.0368. The van der Waals surface area contributed by atoms with Crippen molar-refractivity contribution in [3.05, 3.63) is 70.3 Å². The standard InChI is InChI=1S/C22H20ClN3O2S/c1-14-3-6-16(23)11-19(14)24-21(27)10-7-17-13-29-22-25-20(12-26(17)22)15-4-8-18(28-2)9-5-15/h3-6,8-9,11-13H,7,10H2,1-2H3,(H,24,27). The molecule has 0 saturated heterocycles. The number of nitrogens with zero attached hydrogens (tertiary/aromatic N) is 2. The number of amides is 1. The van der Waals surface area contributed by atoms with E-state index in [4.69, 9.17) is 21.3 Å². The summed E-state index contributed by atoms with van der Waals surface area (Å²) in [6.45, 7) is 1.94. The topological polar surface area (TPSA) is 55.6 Å². The molecule has 1 amide bonds. The lowest BCUT2D eigenvalue weighted by Gasteiger charge is -2.08. The number of rotatable bonds is 6. The maximum absolute atomic E-state index is 12.4. The van der Waals surface area contributed by atoms with Crippen LogP contribution in [0, 0.1) is 6.92 Å². The number of fused-ring (bicyclic) bond motifs is 1. The molecular weight excluding hydrogens is 406 g/mol. The number of thiazole rings is 1. The van der Waals surface area contributed by atoms with Gasteiger partial charge in [-0.15, -0.1) is 11.3 Å². The lowest BCUT2D eigenvalue weighted by atomic mass is 10.1. The number of hydrogen-bond donors (Lipinski definition) is 1. The third-order valence-electron chi connectivity index (χ3n) is 4.75. The number of imidazole rings is 1. The van der Waals surface area contributed by atoms with E-state index in [0.717, 1.165) is 38.9 Å². The summed E-state index contributed by atoms with van der Waals surface area (Å²) >= 11 is 7.60. The molecule has 0 fully saturated rings. The largest absolute Gasteiger partial charge is 0.497 e. The third kappa shape index (κ3) is 4.28. The number of benzene rings is 2. The van der Waals surface area contributed by atoms with Crippen molar-refractivity contribution in [2.75, 3.05) is 12.4 Å². The molecule has 2 heterocycles. The maximum atomic E-state index is 12.4. The molecule has 1 N–H and O–H groups in total. The van der Waals surface area contributed by atoms with Crippen molar-refractivity contribution in [2.45, 2.75) is 19.8 Å². The van der Waals surface area contributed by atoms with E-state index in [0.29, 0.717) is 17.9 Å². The highest BCUT2D eigenvalue weighted by molar-refractivity contribution is 7.15. The van der Waals surface area contributed by atoms with Gasteiger partial charge in [-0.2, -0.15) is 0 Å². The number of aromatic nitrogens is 2. The van der Waals surface area contributed by atoms with Gasteiger partial charge in [0.1, 0.15) is 5.75 Å². The molecule has 7 heteroatoms. The quantitative estimate of drug-likeness (QED) is 0.437. The van der Waals surface area contributed by atoms with Crippen molar-refractivity contribution in [3.8, 4) is 17.0 Å². The first-order valence-corrected chi connectivity index (χ1v) is 10.4. The molecule has 29 heavy (non-hydrogen) atoms. The highest BCUT2D eigenvalue weighted by Crippen LogP contribution is 2.26. The number of aryl methyl sites for hydroxylation is 2. The summed E-state index contributed by atoms with van der Waals surface area (Å²) < 4.78 is 7.27. The summed E-state index contributed by atoms with van der Waals surface area (Å²) in [7, 11) is 1.65. The summed E-state index contributed by atoms with van der Waals surface area (Å²) in [4.78, 5) is 18.0. The van der Waals surface area contributed by atoms with E-state index in [1.54, 1.807) is 24.5 Å². The normalized spacial score (nSPS) is 11.0. The molecule has 0 aliphatic heterocycles. The van der Waals surface area contributed by atoms with Gasteiger partial charge in [-0.3, -0.25) is 9.20 Å². The number of anilines is 1. The van der Waals surface area contributed by atoms with Crippen LogP contribution in [0.2, 0.25) is 5.02 Å². The molecule has 2 aromatic carbocycles. The second-order valence-electron chi connectivity index (χ2n) is 6.74. The first-order valence-electron chi connectivity index (χ1n) is 9.19. The summed E-state index contributed by atoms with van der Waals surface area (Å²) in [5.74, 6) is 0.779. The highest BCUT2D eigenvalue weighted by atomic mass is 35.5. The van der Waals surface area contributed by atoms with Gasteiger partial charge in [0.05, 0.1) is 12.8 Å². The zero-order valence-corrected chi connectivity index (χ0v) is 17.7. The van der Waals surface area contributed by atoms with E-state index < -0.39 is 0 Å². The van der Waals surface area contributed by atoms with Crippen molar-refractivity contribution in [1.82, 2.24) is 9.38 Å². The van der Waals surface area contributed by atoms with Crippen LogP contribution in [0.25, 0.3) is 16.2 Å². The predicted octanol–water partition coefficient (Wildman–Crippen LogP) is 5.60. The van der Waals surface area contributed by atoms with Crippen LogP contribution in [0.3, 0.4) is 0 Å². The van der Waals surface area contributed by atoms with E-state index >= 15 is 0 Å². The van der Waals surface area contributed by atoms with Gasteiger partial charge >= 0.3 is 0 Å². The van der Waals surface area contributed by atoms with Gasteiger partial charge < -0.3 is 10.1 Å². The second-order valence-corrected chi connectivity index (χ2v) is 8.01. The molecule has 0 radical (unpaired) electrons. The van der Waals surface area contributed by atoms with E-state index in [1.165, 1.54) is 0 Å². The van der Waals surface area contributed by atoms with Gasteiger partial charge in [-0.05, 0) is 55.3 Å². The lowest BCUT2D eigenvalue weighted by molar-refractivity contribution is -0.116. The summed E-state index contributed by atoms with van der Waals surface area (Å²) in [5, 5.41) is 5.61. The highest BCUT2D eigenvalue weighted by Gasteiger charge is 2.12. The maximum Gasteiger partial charge on any atom is 0.224 e. The van der Waals surface area contributed by atoms with Crippen LogP contribution in [-0.2, 0) is 11.2 Å². The Hall–Kier alpha value is -2.83. The smallest absolute Gasteiger partial charge is 0.224 e. The first kappa shape index (κ1) is 19.5. The molecule has 0 saturated carbocycles. The van der Waals surface area contributed by atoms with Crippen LogP contribution in [0.4, 0.5) is 5.69 Å². The van der Waals surface area contributed by atoms with E-state index in [-0.39, 0.29) is 5.91 Å². The van der Waals surface area contributed by atoms with Gasteiger partial charge in [-0.25, -0.2) is 4.98 Å². The Labute approximate surface area is 177 Å². The fourth-order valence-electron chi connectivity index (χ4n) is 3.09. The monoisotopic (exact) mass is 425 g/mol. The van der Waals surface area contributed by atoms with Crippen molar-refractivity contribution in [2.24, 2.45) is 0 Å². The Bertz CT molecular complexity index is 1160. The molecule has 4 aromatic rings. The van der Waals surface area contributed by atoms with Crippen molar-refractivity contribution < 1.29 is 9.53 Å².